The lowest BCUT2D eigenvalue weighted by Gasteiger charge is -2.22. The van der Waals surface area contributed by atoms with Gasteiger partial charge >= 0.3 is 6.03 Å². The Bertz CT molecular complexity index is 190. The zero-order valence-corrected chi connectivity index (χ0v) is 10.1. The van der Waals surface area contributed by atoms with Crippen LogP contribution in [0.25, 0.3) is 0 Å². The highest BCUT2D eigenvalue weighted by Gasteiger charge is 2.31. The summed E-state index contributed by atoms with van der Waals surface area (Å²) in [7, 11) is 0. The average molecular weight is 212 g/mol. The zero-order chi connectivity index (χ0) is 11.1. The first kappa shape index (κ1) is 12.3. The molecule has 0 saturated heterocycles. The van der Waals surface area contributed by atoms with Crippen molar-refractivity contribution < 1.29 is 4.79 Å². The summed E-state index contributed by atoms with van der Waals surface area (Å²) in [4.78, 5) is 13.8. The maximum absolute atomic E-state index is 11.8. The van der Waals surface area contributed by atoms with Crippen LogP contribution in [-0.2, 0) is 0 Å². The number of unbranched alkanes of at least 4 members (excludes halogenated alkanes) is 2. The Morgan fingerprint density at radius 3 is 2.47 bits per heavy atom. The van der Waals surface area contributed by atoms with Crippen LogP contribution in [0.15, 0.2) is 0 Å². The van der Waals surface area contributed by atoms with E-state index in [-0.39, 0.29) is 6.03 Å². The van der Waals surface area contributed by atoms with Gasteiger partial charge in [-0.15, -0.1) is 0 Å². The largest absolute Gasteiger partial charge is 0.338 e. The van der Waals surface area contributed by atoms with Crippen LogP contribution < -0.4 is 5.32 Å². The van der Waals surface area contributed by atoms with Gasteiger partial charge in [0.15, 0.2) is 0 Å². The van der Waals surface area contributed by atoms with E-state index in [1.54, 1.807) is 0 Å². The molecule has 0 aromatic heterocycles. The molecule has 1 rings (SSSR count). The lowest BCUT2D eigenvalue weighted by molar-refractivity contribution is 0.194. The molecule has 3 heteroatoms. The van der Waals surface area contributed by atoms with Crippen molar-refractivity contribution >= 4 is 6.03 Å². The Balaban J connectivity index is 2.24. The minimum Gasteiger partial charge on any atom is -0.338 e. The van der Waals surface area contributed by atoms with Crippen LogP contribution in [0.4, 0.5) is 4.79 Å². The van der Waals surface area contributed by atoms with Crippen molar-refractivity contribution in [2.75, 3.05) is 13.1 Å². The van der Waals surface area contributed by atoms with E-state index in [1.807, 2.05) is 4.90 Å². The van der Waals surface area contributed by atoms with Gasteiger partial charge in [0.05, 0.1) is 0 Å². The average Bonchev–Trinajstić information content (AvgIpc) is 3.03. The van der Waals surface area contributed by atoms with Crippen LogP contribution >= 0.6 is 0 Å². The third-order valence-corrected chi connectivity index (χ3v) is 2.81. The molecule has 88 valence electrons. The van der Waals surface area contributed by atoms with Crippen LogP contribution in [0.2, 0.25) is 0 Å². The van der Waals surface area contributed by atoms with Crippen LogP contribution in [0.5, 0.6) is 0 Å². The molecule has 1 aliphatic carbocycles. The molecule has 3 nitrogen and oxygen atoms in total. The van der Waals surface area contributed by atoms with Crippen LogP contribution in [0.1, 0.15) is 52.4 Å². The van der Waals surface area contributed by atoms with Gasteiger partial charge in [-0.3, -0.25) is 0 Å². The van der Waals surface area contributed by atoms with Gasteiger partial charge in [0.25, 0.3) is 0 Å². The summed E-state index contributed by atoms with van der Waals surface area (Å²) < 4.78 is 0. The van der Waals surface area contributed by atoms with Crippen LogP contribution in [0, 0.1) is 0 Å². The number of carbonyl (C=O) groups excluding carboxylic acids is 1. The van der Waals surface area contributed by atoms with Gasteiger partial charge in [-0.1, -0.05) is 26.7 Å². The van der Waals surface area contributed by atoms with Crippen molar-refractivity contribution in [1.29, 1.82) is 0 Å². The molecule has 0 radical (unpaired) electrons. The van der Waals surface area contributed by atoms with E-state index in [9.17, 15) is 4.79 Å². The number of hydrogen-bond donors (Lipinski definition) is 1. The minimum absolute atomic E-state index is 0.152. The molecule has 2 amide bonds. The highest BCUT2D eigenvalue weighted by Crippen LogP contribution is 2.27. The van der Waals surface area contributed by atoms with Crippen molar-refractivity contribution in [2.45, 2.75) is 58.4 Å². The Morgan fingerprint density at radius 2 is 1.93 bits per heavy atom. The third kappa shape index (κ3) is 4.54. The second-order valence-corrected chi connectivity index (χ2v) is 4.36. The predicted octanol–water partition coefficient (Wildman–Crippen LogP) is 2.76. The summed E-state index contributed by atoms with van der Waals surface area (Å²) in [6.45, 7) is 6.06. The molecule has 0 aromatic carbocycles. The SMILES string of the molecule is CCCCNC(=O)N(CCCC)C1CC1. The molecule has 0 atom stereocenters. The van der Waals surface area contributed by atoms with Crippen molar-refractivity contribution in [3.05, 3.63) is 0 Å². The summed E-state index contributed by atoms with van der Waals surface area (Å²) in [5.41, 5.74) is 0. The van der Waals surface area contributed by atoms with E-state index in [4.69, 9.17) is 0 Å². The van der Waals surface area contributed by atoms with Crippen molar-refractivity contribution in [3.63, 3.8) is 0 Å². The van der Waals surface area contributed by atoms with Gasteiger partial charge in [-0.2, -0.15) is 0 Å². The fourth-order valence-electron chi connectivity index (χ4n) is 1.64. The van der Waals surface area contributed by atoms with Crippen LogP contribution in [-0.4, -0.2) is 30.1 Å². The first-order valence-corrected chi connectivity index (χ1v) is 6.34. The second kappa shape index (κ2) is 6.70. The fourth-order valence-corrected chi connectivity index (χ4v) is 1.64. The zero-order valence-electron chi connectivity index (χ0n) is 10.1. The van der Waals surface area contributed by atoms with Gasteiger partial charge in [0, 0.05) is 19.1 Å². The maximum Gasteiger partial charge on any atom is 0.317 e. The van der Waals surface area contributed by atoms with E-state index >= 15 is 0 Å². The molecular formula is C12H24N2O. The smallest absolute Gasteiger partial charge is 0.317 e. The molecule has 0 bridgehead atoms. The number of hydrogen-bond acceptors (Lipinski definition) is 1. The predicted molar refractivity (Wildman–Crippen MR) is 62.9 cm³/mol. The summed E-state index contributed by atoms with van der Waals surface area (Å²) >= 11 is 0. The summed E-state index contributed by atoms with van der Waals surface area (Å²) in [5.74, 6) is 0. The first-order chi connectivity index (χ1) is 7.29. The summed E-state index contributed by atoms with van der Waals surface area (Å²) in [6, 6.07) is 0.692. The normalized spacial score (nSPS) is 15.1. The number of nitrogens with zero attached hydrogens (tertiary/aromatic N) is 1. The highest BCUT2D eigenvalue weighted by molar-refractivity contribution is 5.74. The summed E-state index contributed by atoms with van der Waals surface area (Å²) in [5, 5.41) is 3.00. The number of nitrogens with one attached hydrogen (secondary N) is 1. The molecule has 0 aromatic rings. The van der Waals surface area contributed by atoms with Gasteiger partial charge in [0.2, 0.25) is 0 Å². The molecule has 1 aliphatic rings. The van der Waals surface area contributed by atoms with Crippen LogP contribution in [0.3, 0.4) is 0 Å². The van der Waals surface area contributed by atoms with E-state index in [2.05, 4.69) is 19.2 Å². The quantitative estimate of drug-likeness (QED) is 0.647. The van der Waals surface area contributed by atoms with E-state index in [0.29, 0.717) is 6.04 Å². The molecule has 0 heterocycles. The summed E-state index contributed by atoms with van der Waals surface area (Å²) in [6.07, 6.45) is 6.90. The number of amides is 2. The first-order valence-electron chi connectivity index (χ1n) is 6.34. The fraction of sp³-hybridized carbons (Fsp3) is 0.917. The molecule has 1 saturated carbocycles. The van der Waals surface area contributed by atoms with Gasteiger partial charge in [-0.05, 0) is 25.7 Å². The van der Waals surface area contributed by atoms with E-state index in [1.165, 1.54) is 12.8 Å². The Hall–Kier alpha value is -0.730. The molecular weight excluding hydrogens is 188 g/mol. The Kier molecular flexibility index (Phi) is 5.51. The van der Waals surface area contributed by atoms with Gasteiger partial charge < -0.3 is 10.2 Å². The number of rotatable bonds is 7. The van der Waals surface area contributed by atoms with Crippen molar-refractivity contribution in [1.82, 2.24) is 10.2 Å². The molecule has 1 fully saturated rings. The number of urea groups is 1. The highest BCUT2D eigenvalue weighted by atomic mass is 16.2. The topological polar surface area (TPSA) is 32.3 Å². The monoisotopic (exact) mass is 212 g/mol. The van der Waals surface area contributed by atoms with Gasteiger partial charge in [-0.25, -0.2) is 4.79 Å². The number of carbonyl (C=O) groups is 1. The molecule has 0 unspecified atom stereocenters. The van der Waals surface area contributed by atoms with Gasteiger partial charge in [0.1, 0.15) is 0 Å². The van der Waals surface area contributed by atoms with E-state index < -0.39 is 0 Å². The Morgan fingerprint density at radius 1 is 1.27 bits per heavy atom. The molecule has 15 heavy (non-hydrogen) atoms. The molecule has 0 spiro atoms. The third-order valence-electron chi connectivity index (χ3n) is 2.81. The molecule has 1 N–H and O–H groups in total. The minimum atomic E-state index is 0.152. The second-order valence-electron chi connectivity index (χ2n) is 4.36. The molecule has 0 aliphatic heterocycles. The lowest BCUT2D eigenvalue weighted by Crippen LogP contribution is -2.42. The maximum atomic E-state index is 11.8. The van der Waals surface area contributed by atoms with Crippen molar-refractivity contribution in [2.24, 2.45) is 0 Å². The van der Waals surface area contributed by atoms with E-state index in [0.717, 1.165) is 38.8 Å². The van der Waals surface area contributed by atoms with Crippen molar-refractivity contribution in [3.8, 4) is 0 Å². The Labute approximate surface area is 93.2 Å². The standard InChI is InChI=1S/C12H24N2O/c1-3-5-9-13-12(15)14(10-6-4-2)11-7-8-11/h11H,3-10H2,1-2H3,(H,13,15). The lowest BCUT2D eigenvalue weighted by atomic mass is 10.3.